The van der Waals surface area contributed by atoms with Crippen LogP contribution in [0.5, 0.6) is 0 Å². The van der Waals surface area contributed by atoms with Crippen LogP contribution in [0.15, 0.2) is 36.9 Å². The van der Waals surface area contributed by atoms with Crippen molar-refractivity contribution in [3.8, 4) is 0 Å². The Bertz CT molecular complexity index is 1820. The minimum absolute atomic E-state index is 0.0784. The SMILES string of the molecule is C=C[C@@H]1C[C@@]1(NC(=O)[C@@H]1C[C@@H]2CN1C(=O)[C@H](C(C)(C)C)NC(=O)NC(C)(C)CC/C=C/c1cccc3c1CN(C3)C(=O)O2)C(=O)NS(=O)(=O)C1CC1. The van der Waals surface area contributed by atoms with Gasteiger partial charge in [0.2, 0.25) is 21.8 Å². The van der Waals surface area contributed by atoms with Gasteiger partial charge in [0.1, 0.15) is 23.7 Å². The number of rotatable bonds is 6. The van der Waals surface area contributed by atoms with Gasteiger partial charge >= 0.3 is 12.1 Å². The number of nitrogens with one attached hydrogen (secondary N) is 4. The minimum atomic E-state index is -3.91. The van der Waals surface area contributed by atoms with Crippen LogP contribution in [0.2, 0.25) is 0 Å². The zero-order valence-corrected chi connectivity index (χ0v) is 31.3. The molecule has 2 aliphatic carbocycles. The Morgan fingerprint density at radius 1 is 1.12 bits per heavy atom. The second kappa shape index (κ2) is 13.5. The molecule has 5 aliphatic rings. The van der Waals surface area contributed by atoms with E-state index in [1.165, 1.54) is 11.0 Å². The number of amides is 6. The van der Waals surface area contributed by atoms with Gasteiger partial charge in [0.25, 0.3) is 5.91 Å². The normalized spacial score (nSPS) is 29.8. The van der Waals surface area contributed by atoms with E-state index in [2.05, 4.69) is 27.3 Å². The Morgan fingerprint density at radius 3 is 2.50 bits per heavy atom. The van der Waals surface area contributed by atoms with Crippen LogP contribution in [-0.4, -0.2) is 89.1 Å². The molecular weight excluding hydrogens is 689 g/mol. The van der Waals surface area contributed by atoms with E-state index in [9.17, 15) is 32.4 Å². The third-order valence-electron chi connectivity index (χ3n) is 10.7. The Balaban J connectivity index is 1.30. The highest BCUT2D eigenvalue weighted by molar-refractivity contribution is 7.91. The first kappa shape index (κ1) is 37.4. The predicted octanol–water partition coefficient (Wildman–Crippen LogP) is 3.08. The summed E-state index contributed by atoms with van der Waals surface area (Å²) in [6, 6.07) is 3.05. The van der Waals surface area contributed by atoms with Crippen LogP contribution in [0.25, 0.3) is 6.08 Å². The number of sulfonamides is 1. The quantitative estimate of drug-likeness (QED) is 0.321. The van der Waals surface area contributed by atoms with Crippen LogP contribution >= 0.6 is 0 Å². The first-order valence-corrected chi connectivity index (χ1v) is 19.5. The molecule has 15 heteroatoms. The molecular formula is C37H50N6O8S. The number of carbonyl (C=O) groups is 5. The van der Waals surface area contributed by atoms with Crippen molar-refractivity contribution in [2.75, 3.05) is 6.54 Å². The molecule has 0 radical (unpaired) electrons. The molecule has 3 aliphatic heterocycles. The first-order valence-electron chi connectivity index (χ1n) is 18.0. The van der Waals surface area contributed by atoms with Crippen LogP contribution in [0, 0.1) is 11.3 Å². The van der Waals surface area contributed by atoms with E-state index in [4.69, 9.17) is 4.74 Å². The van der Waals surface area contributed by atoms with Gasteiger partial charge in [-0.2, -0.15) is 0 Å². The molecule has 5 atom stereocenters. The van der Waals surface area contributed by atoms with Crippen molar-refractivity contribution < 1.29 is 37.1 Å². The number of benzene rings is 1. The second-order valence-corrected chi connectivity index (χ2v) is 18.5. The van der Waals surface area contributed by atoms with Crippen LogP contribution in [0.4, 0.5) is 9.59 Å². The summed E-state index contributed by atoms with van der Waals surface area (Å²) in [7, 11) is -3.91. The van der Waals surface area contributed by atoms with Crippen molar-refractivity contribution in [1.29, 1.82) is 0 Å². The number of hydrogen-bond donors (Lipinski definition) is 4. The van der Waals surface area contributed by atoms with Crippen LogP contribution in [0.3, 0.4) is 0 Å². The molecule has 6 rings (SSSR count). The zero-order valence-electron chi connectivity index (χ0n) is 30.5. The Kier molecular flexibility index (Phi) is 9.73. The van der Waals surface area contributed by atoms with Crippen molar-refractivity contribution in [3.05, 3.63) is 53.6 Å². The van der Waals surface area contributed by atoms with Gasteiger partial charge in [-0.1, -0.05) is 57.2 Å². The van der Waals surface area contributed by atoms with Crippen LogP contribution < -0.4 is 20.7 Å². The van der Waals surface area contributed by atoms with Gasteiger partial charge < -0.3 is 25.6 Å². The molecule has 6 amide bonds. The summed E-state index contributed by atoms with van der Waals surface area (Å²) >= 11 is 0. The number of hydrogen-bond acceptors (Lipinski definition) is 8. The van der Waals surface area contributed by atoms with Crippen LogP contribution in [-0.2, 0) is 42.2 Å². The van der Waals surface area contributed by atoms with Gasteiger partial charge in [-0.05, 0) is 68.1 Å². The molecule has 0 unspecified atom stereocenters. The van der Waals surface area contributed by atoms with Gasteiger partial charge in [0, 0.05) is 24.4 Å². The fraction of sp³-hybridized carbons (Fsp3) is 0.595. The molecule has 1 aromatic carbocycles. The van der Waals surface area contributed by atoms with E-state index in [-0.39, 0.29) is 19.4 Å². The van der Waals surface area contributed by atoms with Gasteiger partial charge in [-0.15, -0.1) is 6.58 Å². The maximum atomic E-state index is 14.5. The largest absolute Gasteiger partial charge is 0.444 e. The molecule has 3 heterocycles. The Morgan fingerprint density at radius 2 is 1.85 bits per heavy atom. The Hall–Kier alpha value is -4.40. The summed E-state index contributed by atoms with van der Waals surface area (Å²) < 4.78 is 33.4. The number of urea groups is 1. The molecule has 0 aromatic heterocycles. The van der Waals surface area contributed by atoms with Crippen molar-refractivity contribution >= 4 is 45.9 Å². The summed E-state index contributed by atoms with van der Waals surface area (Å²) in [4.78, 5) is 72.1. The lowest BCUT2D eigenvalue weighted by Gasteiger charge is -2.36. The summed E-state index contributed by atoms with van der Waals surface area (Å²) in [5.41, 5.74) is -0.0288. The number of ether oxygens (including phenoxy) is 1. The highest BCUT2D eigenvalue weighted by Crippen LogP contribution is 2.45. The van der Waals surface area contributed by atoms with Crippen molar-refractivity contribution in [2.24, 2.45) is 11.3 Å². The molecule has 4 N–H and O–H groups in total. The summed E-state index contributed by atoms with van der Waals surface area (Å²) in [6.07, 6.45) is 6.29. The fourth-order valence-corrected chi connectivity index (χ4v) is 8.71. The highest BCUT2D eigenvalue weighted by Gasteiger charge is 2.62. The molecule has 52 heavy (non-hydrogen) atoms. The van der Waals surface area contributed by atoms with Gasteiger partial charge in [0.15, 0.2) is 0 Å². The van der Waals surface area contributed by atoms with Gasteiger partial charge in [-0.3, -0.25) is 24.0 Å². The van der Waals surface area contributed by atoms with Crippen molar-refractivity contribution in [1.82, 2.24) is 30.5 Å². The molecule has 4 bridgehead atoms. The summed E-state index contributed by atoms with van der Waals surface area (Å²) in [5.74, 6) is -2.67. The Labute approximate surface area is 305 Å². The topological polar surface area (TPSA) is 183 Å². The van der Waals surface area contributed by atoms with Crippen molar-refractivity contribution in [3.63, 3.8) is 0 Å². The average molecular weight is 739 g/mol. The molecule has 2 saturated carbocycles. The van der Waals surface area contributed by atoms with E-state index >= 15 is 0 Å². The summed E-state index contributed by atoms with van der Waals surface area (Å²) in [5, 5.41) is 7.94. The predicted molar refractivity (Wildman–Crippen MR) is 193 cm³/mol. The smallest absolute Gasteiger partial charge is 0.410 e. The standard InChI is InChI=1S/C37H50N6O8S/c1-7-24-18-37(24,32(46)41-52(49,50)26-14-15-26)39-30(44)28-17-25-20-43(28)31(45)29(35(2,3)4)38-33(47)40-36(5,6)16-9-8-11-22-12-10-13-23-19-42(21-27(22)23)34(48)51-25/h7-8,10-13,24-26,28-29H,1,9,14-21H2,2-6H3,(H,39,44)(H,41,46)(H2,38,40,47)/b11-8+/t24-,25-,28+,29-,37+/m1/s1. The highest BCUT2D eigenvalue weighted by atomic mass is 32.2. The molecule has 1 saturated heterocycles. The van der Waals surface area contributed by atoms with E-state index in [1.807, 2.05) is 44.2 Å². The lowest BCUT2D eigenvalue weighted by Crippen LogP contribution is -2.62. The lowest BCUT2D eigenvalue weighted by molar-refractivity contribution is -0.142. The monoisotopic (exact) mass is 738 g/mol. The summed E-state index contributed by atoms with van der Waals surface area (Å²) in [6.45, 7) is 13.5. The zero-order chi connectivity index (χ0) is 37.8. The van der Waals surface area contributed by atoms with E-state index in [1.54, 1.807) is 25.7 Å². The molecule has 1 aromatic rings. The molecule has 14 nitrogen and oxygen atoms in total. The third-order valence-corrected chi connectivity index (χ3v) is 12.5. The van der Waals surface area contributed by atoms with E-state index < -0.39 is 85.7 Å². The maximum Gasteiger partial charge on any atom is 0.410 e. The molecule has 3 fully saturated rings. The van der Waals surface area contributed by atoms with Gasteiger partial charge in [0.05, 0.1) is 18.3 Å². The number of fused-ring (bicyclic) bond motifs is 3. The van der Waals surface area contributed by atoms with Crippen molar-refractivity contribution in [2.45, 2.75) is 121 Å². The first-order chi connectivity index (χ1) is 24.3. The van der Waals surface area contributed by atoms with Gasteiger partial charge in [-0.25, -0.2) is 18.0 Å². The van der Waals surface area contributed by atoms with E-state index in [0.29, 0.717) is 38.8 Å². The molecule has 282 valence electrons. The number of carbonyl (C=O) groups excluding carboxylic acids is 5. The number of nitrogens with zero attached hydrogens (tertiary/aromatic N) is 2. The van der Waals surface area contributed by atoms with E-state index in [0.717, 1.165) is 16.7 Å². The average Bonchev–Trinajstić information content (AvgIpc) is 3.94. The van der Waals surface area contributed by atoms with Crippen LogP contribution in [0.1, 0.15) is 89.8 Å². The minimum Gasteiger partial charge on any atom is -0.444 e. The second-order valence-electron chi connectivity index (χ2n) is 16.5. The number of allylic oxidation sites excluding steroid dienone is 1. The fourth-order valence-electron chi connectivity index (χ4n) is 7.35. The maximum absolute atomic E-state index is 14.5. The lowest BCUT2D eigenvalue weighted by atomic mass is 9.85. The molecule has 0 spiro atoms. The third kappa shape index (κ3) is 7.69.